The summed E-state index contributed by atoms with van der Waals surface area (Å²) in [4.78, 5) is 15.4. The number of carboxylic acid groups (broad SMARTS) is 1. The van der Waals surface area contributed by atoms with Gasteiger partial charge in [-0.2, -0.15) is 0 Å². The van der Waals surface area contributed by atoms with Crippen LogP contribution in [0.5, 0.6) is 0 Å². The lowest BCUT2D eigenvalue weighted by atomic mass is 9.66. The van der Waals surface area contributed by atoms with E-state index in [1.807, 2.05) is 0 Å². The molecule has 1 rings (SSSR count). The second-order valence-electron chi connectivity index (χ2n) is 3.66. The molecule has 1 fully saturated rings. The molecule has 12 heavy (non-hydrogen) atoms. The van der Waals surface area contributed by atoms with Crippen molar-refractivity contribution in [1.29, 1.82) is 0 Å². The lowest BCUT2D eigenvalue weighted by Gasteiger charge is -2.38. The smallest absolute Gasteiger partial charge is 0.312 e. The van der Waals surface area contributed by atoms with Gasteiger partial charge in [0.05, 0.1) is 12.0 Å². The molecule has 0 heterocycles. The van der Waals surface area contributed by atoms with Crippen molar-refractivity contribution >= 4 is 5.97 Å². The normalized spacial score (nSPS) is 22.8. The third kappa shape index (κ3) is 1.44. The molecule has 0 aromatic heterocycles. The van der Waals surface area contributed by atoms with Crippen molar-refractivity contribution in [2.45, 2.75) is 26.2 Å². The first-order valence-electron chi connectivity index (χ1n) is 4.16. The highest BCUT2D eigenvalue weighted by atomic mass is 16.6. The number of rotatable bonds is 4. The van der Waals surface area contributed by atoms with E-state index in [4.69, 9.17) is 11.0 Å². The Kier molecular flexibility index (Phi) is 2.69. The second-order valence-corrected chi connectivity index (χ2v) is 3.66. The molecule has 1 aliphatic carbocycles. The third-order valence-electron chi connectivity index (χ3n) is 2.88. The minimum atomic E-state index is -0.808. The quantitative estimate of drug-likeness (QED) is 0.616. The Morgan fingerprint density at radius 3 is 2.58 bits per heavy atom. The predicted molar refractivity (Wildman–Crippen MR) is 43.2 cm³/mol. The fourth-order valence-electron chi connectivity index (χ4n) is 1.57. The molecule has 4 nitrogen and oxygen atoms in total. The van der Waals surface area contributed by atoms with E-state index in [0.717, 1.165) is 19.3 Å². The predicted octanol–water partition coefficient (Wildman–Crippen LogP) is 0.768. The van der Waals surface area contributed by atoms with Gasteiger partial charge in [-0.1, -0.05) is 6.42 Å². The fraction of sp³-hybridized carbons (Fsp3) is 0.875. The Balaban J connectivity index is 2.63. The van der Waals surface area contributed by atoms with E-state index in [1.54, 1.807) is 6.92 Å². The van der Waals surface area contributed by atoms with Crippen molar-refractivity contribution in [3.63, 3.8) is 0 Å². The van der Waals surface area contributed by atoms with Crippen LogP contribution < -0.4 is 5.90 Å². The second kappa shape index (κ2) is 3.41. The standard InChI is InChI=1S/C8H15NO3/c1-8(5-12-9,7(10)11)6-3-2-4-6/h6H,2-5,9H2,1H3,(H,10,11). The number of hydrogen-bond donors (Lipinski definition) is 2. The molecule has 1 unspecified atom stereocenters. The van der Waals surface area contributed by atoms with Crippen LogP contribution in [0.25, 0.3) is 0 Å². The largest absolute Gasteiger partial charge is 0.481 e. The highest BCUT2D eigenvalue weighted by Gasteiger charge is 2.44. The molecular formula is C8H15NO3. The van der Waals surface area contributed by atoms with Gasteiger partial charge in [0.2, 0.25) is 0 Å². The van der Waals surface area contributed by atoms with Gasteiger partial charge in [-0.25, -0.2) is 5.90 Å². The van der Waals surface area contributed by atoms with Gasteiger partial charge in [0.1, 0.15) is 0 Å². The van der Waals surface area contributed by atoms with Crippen LogP contribution in [0.15, 0.2) is 0 Å². The topological polar surface area (TPSA) is 72.5 Å². The lowest BCUT2D eigenvalue weighted by Crippen LogP contribution is -2.43. The average Bonchev–Trinajstić information content (AvgIpc) is 1.83. The van der Waals surface area contributed by atoms with Crippen molar-refractivity contribution in [3.05, 3.63) is 0 Å². The maximum absolute atomic E-state index is 10.9. The van der Waals surface area contributed by atoms with Crippen LogP contribution in [0, 0.1) is 11.3 Å². The van der Waals surface area contributed by atoms with E-state index in [0.29, 0.717) is 0 Å². The van der Waals surface area contributed by atoms with E-state index in [-0.39, 0.29) is 12.5 Å². The zero-order valence-electron chi connectivity index (χ0n) is 7.25. The van der Waals surface area contributed by atoms with Gasteiger partial charge in [0, 0.05) is 0 Å². The zero-order chi connectivity index (χ0) is 9.19. The van der Waals surface area contributed by atoms with Gasteiger partial charge in [-0.3, -0.25) is 4.79 Å². The number of aliphatic carboxylic acids is 1. The summed E-state index contributed by atoms with van der Waals surface area (Å²) in [5, 5.41) is 8.96. The van der Waals surface area contributed by atoms with Crippen LogP contribution in [0.3, 0.4) is 0 Å². The molecule has 0 bridgehead atoms. The van der Waals surface area contributed by atoms with Crippen molar-refractivity contribution < 1.29 is 14.7 Å². The molecule has 70 valence electrons. The lowest BCUT2D eigenvalue weighted by molar-refractivity contribution is -0.159. The van der Waals surface area contributed by atoms with Gasteiger partial charge in [0.15, 0.2) is 0 Å². The molecule has 1 saturated carbocycles. The summed E-state index contributed by atoms with van der Waals surface area (Å²) in [6.07, 6.45) is 3.08. The summed E-state index contributed by atoms with van der Waals surface area (Å²) in [6, 6.07) is 0. The van der Waals surface area contributed by atoms with Crippen LogP contribution >= 0.6 is 0 Å². The van der Waals surface area contributed by atoms with E-state index in [9.17, 15) is 4.79 Å². The molecule has 1 atom stereocenters. The van der Waals surface area contributed by atoms with Crippen LogP contribution in [-0.4, -0.2) is 17.7 Å². The first-order chi connectivity index (χ1) is 5.61. The molecular weight excluding hydrogens is 158 g/mol. The molecule has 0 spiro atoms. The summed E-state index contributed by atoms with van der Waals surface area (Å²) in [5.74, 6) is 4.33. The Bertz CT molecular complexity index is 179. The van der Waals surface area contributed by atoms with Crippen LogP contribution in [0.4, 0.5) is 0 Å². The monoisotopic (exact) mass is 173 g/mol. The maximum atomic E-state index is 10.9. The minimum Gasteiger partial charge on any atom is -0.481 e. The Morgan fingerprint density at radius 1 is 1.75 bits per heavy atom. The number of nitrogens with two attached hydrogens (primary N) is 1. The SMILES string of the molecule is CC(CON)(C(=O)O)C1CCC1. The van der Waals surface area contributed by atoms with Crippen molar-refractivity contribution in [1.82, 2.24) is 0 Å². The van der Waals surface area contributed by atoms with Gasteiger partial charge < -0.3 is 9.94 Å². The molecule has 0 aromatic carbocycles. The summed E-state index contributed by atoms with van der Waals surface area (Å²) in [5.41, 5.74) is -0.785. The third-order valence-corrected chi connectivity index (χ3v) is 2.88. The molecule has 4 heteroatoms. The Labute approximate surface area is 71.7 Å². The van der Waals surface area contributed by atoms with Crippen molar-refractivity contribution in [2.75, 3.05) is 6.61 Å². The van der Waals surface area contributed by atoms with Gasteiger partial charge in [-0.05, 0) is 25.7 Å². The molecule has 0 aliphatic heterocycles. The van der Waals surface area contributed by atoms with Gasteiger partial charge >= 0.3 is 5.97 Å². The highest BCUT2D eigenvalue weighted by molar-refractivity contribution is 5.74. The first-order valence-corrected chi connectivity index (χ1v) is 4.16. The molecule has 0 radical (unpaired) electrons. The molecule has 0 aromatic rings. The first kappa shape index (κ1) is 9.48. The average molecular weight is 173 g/mol. The molecule has 3 N–H and O–H groups in total. The van der Waals surface area contributed by atoms with Crippen LogP contribution in [0.2, 0.25) is 0 Å². The Hall–Kier alpha value is -0.610. The summed E-state index contributed by atoms with van der Waals surface area (Å²) in [6.45, 7) is 1.80. The van der Waals surface area contributed by atoms with E-state index < -0.39 is 11.4 Å². The van der Waals surface area contributed by atoms with Crippen LogP contribution in [-0.2, 0) is 9.63 Å². The van der Waals surface area contributed by atoms with Gasteiger partial charge in [0.25, 0.3) is 0 Å². The molecule has 0 saturated heterocycles. The summed E-state index contributed by atoms with van der Waals surface area (Å²) in [7, 11) is 0. The van der Waals surface area contributed by atoms with Gasteiger partial charge in [-0.15, -0.1) is 0 Å². The zero-order valence-corrected chi connectivity index (χ0v) is 7.25. The number of carboxylic acids is 1. The fourth-order valence-corrected chi connectivity index (χ4v) is 1.57. The van der Waals surface area contributed by atoms with E-state index in [1.165, 1.54) is 0 Å². The highest BCUT2D eigenvalue weighted by Crippen LogP contribution is 2.42. The number of carbonyl (C=O) groups is 1. The van der Waals surface area contributed by atoms with Crippen molar-refractivity contribution in [3.8, 4) is 0 Å². The number of hydrogen-bond acceptors (Lipinski definition) is 3. The Morgan fingerprint density at radius 2 is 2.33 bits per heavy atom. The van der Waals surface area contributed by atoms with Crippen LogP contribution in [0.1, 0.15) is 26.2 Å². The van der Waals surface area contributed by atoms with Crippen molar-refractivity contribution in [2.24, 2.45) is 17.2 Å². The summed E-state index contributed by atoms with van der Waals surface area (Å²) < 4.78 is 0. The molecule has 1 aliphatic rings. The van der Waals surface area contributed by atoms with E-state index >= 15 is 0 Å². The molecule has 0 amide bonds. The van der Waals surface area contributed by atoms with E-state index in [2.05, 4.69) is 4.84 Å². The minimum absolute atomic E-state index is 0.104. The summed E-state index contributed by atoms with van der Waals surface area (Å²) >= 11 is 0. The maximum Gasteiger partial charge on any atom is 0.312 e.